The second-order valence-electron chi connectivity index (χ2n) is 2.61. The van der Waals surface area contributed by atoms with Gasteiger partial charge in [0.2, 0.25) is 0 Å². The van der Waals surface area contributed by atoms with E-state index in [9.17, 15) is 0 Å². The average molecular weight is 214 g/mol. The van der Waals surface area contributed by atoms with Crippen LogP contribution < -0.4 is 11.5 Å². The molecule has 0 atom stereocenters. The summed E-state index contributed by atoms with van der Waals surface area (Å²) in [4.78, 5) is 3.85. The molecular weight excluding hydrogens is 198 g/mol. The van der Waals surface area contributed by atoms with Crippen molar-refractivity contribution in [2.75, 3.05) is 13.1 Å². The van der Waals surface area contributed by atoms with Crippen LogP contribution >= 0.6 is 11.6 Å². The van der Waals surface area contributed by atoms with Gasteiger partial charge in [-0.05, 0) is 5.56 Å². The molecule has 0 saturated heterocycles. The highest BCUT2D eigenvalue weighted by atomic mass is 35.5. The maximum absolute atomic E-state index is 5.53. The van der Waals surface area contributed by atoms with E-state index in [0.717, 1.165) is 13.1 Å². The summed E-state index contributed by atoms with van der Waals surface area (Å²) in [5.41, 5.74) is 1.18. The zero-order valence-electron chi connectivity index (χ0n) is 8.12. The highest BCUT2D eigenvalue weighted by Gasteiger charge is 1.82. The van der Waals surface area contributed by atoms with Crippen molar-refractivity contribution in [3.05, 3.63) is 35.9 Å². The van der Waals surface area contributed by atoms with E-state index in [0.29, 0.717) is 5.88 Å². The summed E-state index contributed by atoms with van der Waals surface area (Å²) < 4.78 is 0. The minimum atomic E-state index is 0. The van der Waals surface area contributed by atoms with Crippen molar-refractivity contribution in [2.45, 2.75) is 5.88 Å². The quantitative estimate of drug-likeness (QED) is 0.703. The lowest BCUT2D eigenvalue weighted by atomic mass is 10.2. The Morgan fingerprint density at radius 2 is 2.00 bits per heavy atom. The SMILES string of the molecule is C1=NCCN1.ClCc1ccccc1.N. The predicted molar refractivity (Wildman–Crippen MR) is 62.4 cm³/mol. The lowest BCUT2D eigenvalue weighted by Crippen LogP contribution is -2.04. The third-order valence-corrected chi connectivity index (χ3v) is 1.87. The van der Waals surface area contributed by atoms with E-state index in [1.807, 2.05) is 30.3 Å². The van der Waals surface area contributed by atoms with E-state index >= 15 is 0 Å². The molecule has 4 N–H and O–H groups in total. The largest absolute Gasteiger partial charge is 0.375 e. The van der Waals surface area contributed by atoms with Crippen LogP contribution in [0.1, 0.15) is 5.56 Å². The Hall–Kier alpha value is -1.06. The number of nitrogens with zero attached hydrogens (tertiary/aromatic N) is 1. The second kappa shape index (κ2) is 8.53. The van der Waals surface area contributed by atoms with Gasteiger partial charge in [-0.1, -0.05) is 30.3 Å². The van der Waals surface area contributed by atoms with Gasteiger partial charge in [0.15, 0.2) is 0 Å². The zero-order valence-corrected chi connectivity index (χ0v) is 8.87. The van der Waals surface area contributed by atoms with Gasteiger partial charge in [-0.3, -0.25) is 4.99 Å². The molecule has 1 aromatic carbocycles. The number of alkyl halides is 1. The van der Waals surface area contributed by atoms with Crippen molar-refractivity contribution in [3.63, 3.8) is 0 Å². The van der Waals surface area contributed by atoms with Gasteiger partial charge in [0, 0.05) is 12.4 Å². The molecule has 0 bridgehead atoms. The minimum Gasteiger partial charge on any atom is -0.375 e. The second-order valence-corrected chi connectivity index (χ2v) is 2.88. The number of halogens is 1. The summed E-state index contributed by atoms with van der Waals surface area (Å²) in [7, 11) is 0. The van der Waals surface area contributed by atoms with Gasteiger partial charge >= 0.3 is 0 Å². The van der Waals surface area contributed by atoms with Gasteiger partial charge in [0.1, 0.15) is 0 Å². The fourth-order valence-electron chi connectivity index (χ4n) is 0.890. The van der Waals surface area contributed by atoms with Gasteiger partial charge < -0.3 is 11.5 Å². The molecule has 0 unspecified atom stereocenters. The first kappa shape index (κ1) is 12.9. The molecule has 3 nitrogen and oxygen atoms in total. The molecular formula is C10H16ClN3. The van der Waals surface area contributed by atoms with E-state index in [2.05, 4.69) is 10.3 Å². The maximum atomic E-state index is 5.53. The number of hydrogen-bond donors (Lipinski definition) is 2. The first-order chi connectivity index (χ1) is 6.43. The molecule has 0 radical (unpaired) electrons. The lowest BCUT2D eigenvalue weighted by molar-refractivity contribution is 0.965. The van der Waals surface area contributed by atoms with Gasteiger partial charge in [-0.15, -0.1) is 11.6 Å². The average Bonchev–Trinajstić information content (AvgIpc) is 2.77. The minimum absolute atomic E-state index is 0. The summed E-state index contributed by atoms with van der Waals surface area (Å²) in [6, 6.07) is 9.96. The molecule has 2 rings (SSSR count). The predicted octanol–water partition coefficient (Wildman–Crippen LogP) is 2.21. The Morgan fingerprint density at radius 1 is 1.29 bits per heavy atom. The number of aliphatic imine (C=N–C) groups is 1. The molecule has 0 aromatic heterocycles. The molecule has 4 heteroatoms. The Balaban J connectivity index is 0.000000246. The van der Waals surface area contributed by atoms with Crippen LogP contribution in [0.25, 0.3) is 0 Å². The van der Waals surface area contributed by atoms with E-state index in [4.69, 9.17) is 11.6 Å². The van der Waals surface area contributed by atoms with Gasteiger partial charge in [-0.2, -0.15) is 0 Å². The standard InChI is InChI=1S/C7H7Cl.C3H6N2.H3N/c8-6-7-4-2-1-3-5-7;1-2-5-3-4-1;/h1-5H,6H2;3H,1-2H2,(H,4,5);1H3. The van der Waals surface area contributed by atoms with Crippen LogP contribution in [0.4, 0.5) is 0 Å². The Kier molecular flexibility index (Phi) is 7.89. The first-order valence-corrected chi connectivity index (χ1v) is 4.78. The molecule has 0 aliphatic carbocycles. The fraction of sp³-hybridized carbons (Fsp3) is 0.300. The van der Waals surface area contributed by atoms with Crippen molar-refractivity contribution in [3.8, 4) is 0 Å². The van der Waals surface area contributed by atoms with E-state index in [-0.39, 0.29) is 6.15 Å². The van der Waals surface area contributed by atoms with Crippen LogP contribution in [-0.4, -0.2) is 19.4 Å². The number of benzene rings is 1. The van der Waals surface area contributed by atoms with Gasteiger partial charge in [0.05, 0.1) is 12.9 Å². The molecule has 0 spiro atoms. The topological polar surface area (TPSA) is 59.4 Å². The number of hydrogen-bond acceptors (Lipinski definition) is 3. The summed E-state index contributed by atoms with van der Waals surface area (Å²) in [5, 5.41) is 2.93. The van der Waals surface area contributed by atoms with Crippen molar-refractivity contribution < 1.29 is 0 Å². The Bertz CT molecular complexity index is 243. The first-order valence-electron chi connectivity index (χ1n) is 4.25. The van der Waals surface area contributed by atoms with Gasteiger partial charge in [-0.25, -0.2) is 0 Å². The van der Waals surface area contributed by atoms with Crippen molar-refractivity contribution in [2.24, 2.45) is 4.99 Å². The van der Waals surface area contributed by atoms with Crippen LogP contribution in [0.2, 0.25) is 0 Å². The van der Waals surface area contributed by atoms with Gasteiger partial charge in [0.25, 0.3) is 0 Å². The van der Waals surface area contributed by atoms with Crippen molar-refractivity contribution >= 4 is 17.9 Å². The highest BCUT2D eigenvalue weighted by molar-refractivity contribution is 6.17. The summed E-state index contributed by atoms with van der Waals surface area (Å²) >= 11 is 5.53. The highest BCUT2D eigenvalue weighted by Crippen LogP contribution is 2.00. The number of nitrogens with one attached hydrogen (secondary N) is 1. The molecule has 0 amide bonds. The zero-order chi connectivity index (χ0) is 9.36. The molecule has 0 fully saturated rings. The molecule has 14 heavy (non-hydrogen) atoms. The van der Waals surface area contributed by atoms with Crippen molar-refractivity contribution in [1.29, 1.82) is 0 Å². The monoisotopic (exact) mass is 213 g/mol. The molecule has 1 heterocycles. The van der Waals surface area contributed by atoms with Crippen LogP contribution in [-0.2, 0) is 5.88 Å². The Morgan fingerprint density at radius 3 is 2.29 bits per heavy atom. The van der Waals surface area contributed by atoms with Crippen LogP contribution in [0.5, 0.6) is 0 Å². The Labute approximate surface area is 89.8 Å². The molecule has 1 aromatic rings. The van der Waals surface area contributed by atoms with E-state index in [1.54, 1.807) is 6.34 Å². The van der Waals surface area contributed by atoms with E-state index in [1.165, 1.54) is 5.56 Å². The summed E-state index contributed by atoms with van der Waals surface area (Å²) in [5.74, 6) is 0.612. The van der Waals surface area contributed by atoms with Crippen LogP contribution in [0.3, 0.4) is 0 Å². The molecule has 78 valence electrons. The van der Waals surface area contributed by atoms with Crippen LogP contribution in [0.15, 0.2) is 35.3 Å². The van der Waals surface area contributed by atoms with Crippen LogP contribution in [0, 0.1) is 0 Å². The number of rotatable bonds is 1. The van der Waals surface area contributed by atoms with Crippen molar-refractivity contribution in [1.82, 2.24) is 11.5 Å². The summed E-state index contributed by atoms with van der Waals surface area (Å²) in [6.45, 7) is 1.99. The lowest BCUT2D eigenvalue weighted by Gasteiger charge is -1.88. The normalized spacial score (nSPS) is 12.1. The smallest absolute Gasteiger partial charge is 0.0825 e. The fourth-order valence-corrected chi connectivity index (χ4v) is 1.07. The third-order valence-electron chi connectivity index (χ3n) is 1.56. The third kappa shape index (κ3) is 5.56. The molecule has 1 aliphatic heterocycles. The maximum Gasteiger partial charge on any atom is 0.0825 e. The molecule has 0 saturated carbocycles. The van der Waals surface area contributed by atoms with E-state index < -0.39 is 0 Å². The summed E-state index contributed by atoms with van der Waals surface area (Å²) in [6.07, 6.45) is 1.74. The molecule has 1 aliphatic rings.